The molecule has 1 aliphatic carbocycles. The monoisotopic (exact) mass is 503 g/mol. The van der Waals surface area contributed by atoms with Gasteiger partial charge < -0.3 is 10.6 Å². The summed E-state index contributed by atoms with van der Waals surface area (Å²) in [5.74, 6) is 0.577. The predicted molar refractivity (Wildman–Crippen MR) is 138 cm³/mol. The van der Waals surface area contributed by atoms with E-state index in [0.29, 0.717) is 42.6 Å². The van der Waals surface area contributed by atoms with E-state index in [-0.39, 0.29) is 5.91 Å². The predicted octanol–water partition coefficient (Wildman–Crippen LogP) is 3.20. The first-order chi connectivity index (χ1) is 16.6. The van der Waals surface area contributed by atoms with E-state index < -0.39 is 21.5 Å². The van der Waals surface area contributed by atoms with E-state index in [4.69, 9.17) is 5.73 Å². The molecule has 2 atom stereocenters. The summed E-state index contributed by atoms with van der Waals surface area (Å²) in [7, 11) is -3.36. The van der Waals surface area contributed by atoms with Crippen LogP contribution in [0.3, 0.4) is 0 Å². The van der Waals surface area contributed by atoms with Gasteiger partial charge in [0.2, 0.25) is 11.8 Å². The highest BCUT2D eigenvalue weighted by Crippen LogP contribution is 2.43. The van der Waals surface area contributed by atoms with Gasteiger partial charge >= 0.3 is 0 Å². The minimum atomic E-state index is -3.36. The molecule has 2 heterocycles. The number of rotatable bonds is 9. The fourth-order valence-electron chi connectivity index (χ4n) is 6.55. The highest BCUT2D eigenvalue weighted by Gasteiger charge is 2.41. The van der Waals surface area contributed by atoms with Crippen molar-refractivity contribution in [1.29, 1.82) is 0 Å². The van der Waals surface area contributed by atoms with Crippen molar-refractivity contribution in [3.8, 4) is 0 Å². The van der Waals surface area contributed by atoms with Crippen molar-refractivity contribution in [1.82, 2.24) is 9.80 Å². The highest BCUT2D eigenvalue weighted by molar-refractivity contribution is 7.91. The first kappa shape index (κ1) is 26.1. The first-order valence-corrected chi connectivity index (χ1v) is 15.3. The lowest BCUT2D eigenvalue weighted by atomic mass is 9.83. The topological polar surface area (TPSA) is 101 Å². The molecule has 3 aliphatic rings. The van der Waals surface area contributed by atoms with Crippen molar-refractivity contribution in [3.05, 3.63) is 35.4 Å². The van der Waals surface area contributed by atoms with Gasteiger partial charge in [-0.25, -0.2) is 8.42 Å². The second-order valence-corrected chi connectivity index (χ2v) is 13.5. The highest BCUT2D eigenvalue weighted by atomic mass is 32.2. The Hall–Kier alpha value is -1.93. The maximum Gasteiger partial charge on any atom is 0.248 e. The number of primary amides is 1. The van der Waals surface area contributed by atoms with Crippen LogP contribution in [-0.4, -0.2) is 73.8 Å². The van der Waals surface area contributed by atoms with Crippen molar-refractivity contribution in [2.24, 2.45) is 17.6 Å². The molecule has 4 rings (SSSR count). The smallest absolute Gasteiger partial charge is 0.248 e. The Kier molecular flexibility index (Phi) is 8.21. The number of hydrogen-bond acceptors (Lipinski definition) is 5. The zero-order valence-corrected chi connectivity index (χ0v) is 22.0. The molecule has 0 radical (unpaired) electrons. The normalized spacial score (nSPS) is 29.1. The number of hydrogen-bond donors (Lipinski definition) is 1. The minimum Gasteiger partial charge on any atom is -0.366 e. The van der Waals surface area contributed by atoms with Gasteiger partial charge in [0.1, 0.15) is 5.75 Å². The molecule has 0 aromatic heterocycles. The number of carbonyl (C=O) groups is 2. The van der Waals surface area contributed by atoms with Crippen LogP contribution in [0.1, 0.15) is 80.1 Å². The number of fused-ring (bicyclic) bond motifs is 2. The second-order valence-electron chi connectivity index (χ2n) is 11.3. The van der Waals surface area contributed by atoms with Gasteiger partial charge in [-0.1, -0.05) is 31.9 Å². The van der Waals surface area contributed by atoms with E-state index >= 15 is 0 Å². The van der Waals surface area contributed by atoms with Crippen LogP contribution in [0, 0.1) is 11.8 Å². The number of nitrogens with two attached hydrogens (primary N) is 1. The Morgan fingerprint density at radius 1 is 1.06 bits per heavy atom. The van der Waals surface area contributed by atoms with Gasteiger partial charge in [-0.3, -0.25) is 14.5 Å². The molecule has 1 saturated carbocycles. The summed E-state index contributed by atoms with van der Waals surface area (Å²) >= 11 is 0. The van der Waals surface area contributed by atoms with E-state index in [1.165, 1.54) is 18.4 Å². The van der Waals surface area contributed by atoms with Crippen molar-refractivity contribution in [2.75, 3.05) is 31.6 Å². The molecule has 194 valence electrons. The van der Waals surface area contributed by atoms with Gasteiger partial charge in [0.05, 0.1) is 0 Å². The molecule has 2 unspecified atom stereocenters. The maximum atomic E-state index is 13.0. The van der Waals surface area contributed by atoms with Gasteiger partial charge in [0, 0.05) is 43.5 Å². The Balaban J connectivity index is 1.39. The Morgan fingerprint density at radius 3 is 2.31 bits per heavy atom. The average molecular weight is 504 g/mol. The SMILES string of the molecule is CC1CCC(CN(CCN2C3CCC2CC(c2cccc(C(N)=O)c2)C3)C(=O)CS(C)(=O)=O)CC1. The Bertz CT molecular complexity index is 1010. The van der Waals surface area contributed by atoms with E-state index in [1.54, 1.807) is 6.07 Å². The van der Waals surface area contributed by atoms with Gasteiger partial charge in [0.15, 0.2) is 9.84 Å². The third-order valence-corrected chi connectivity index (χ3v) is 9.28. The number of amides is 2. The Morgan fingerprint density at radius 2 is 1.71 bits per heavy atom. The molecule has 35 heavy (non-hydrogen) atoms. The largest absolute Gasteiger partial charge is 0.366 e. The molecule has 1 aromatic rings. The lowest BCUT2D eigenvalue weighted by Gasteiger charge is -2.40. The summed E-state index contributed by atoms with van der Waals surface area (Å²) in [6.07, 6.45) is 10.1. The fraction of sp³-hybridized carbons (Fsp3) is 0.704. The molecule has 2 saturated heterocycles. The van der Waals surface area contributed by atoms with Gasteiger partial charge in [0.25, 0.3) is 0 Å². The quantitative estimate of drug-likeness (QED) is 0.558. The van der Waals surface area contributed by atoms with E-state index in [0.717, 1.165) is 57.2 Å². The molecule has 2 amide bonds. The maximum absolute atomic E-state index is 13.0. The molecule has 0 spiro atoms. The molecule has 7 nitrogen and oxygen atoms in total. The lowest BCUT2D eigenvalue weighted by Crippen LogP contribution is -2.48. The summed E-state index contributed by atoms with van der Waals surface area (Å²) < 4.78 is 23.7. The summed E-state index contributed by atoms with van der Waals surface area (Å²) in [5, 5.41) is 0. The molecule has 2 N–H and O–H groups in total. The van der Waals surface area contributed by atoms with Crippen molar-refractivity contribution in [2.45, 2.75) is 76.3 Å². The number of nitrogens with zero attached hydrogens (tertiary/aromatic N) is 2. The first-order valence-electron chi connectivity index (χ1n) is 13.2. The molecule has 1 aromatic carbocycles. The standard InChI is InChI=1S/C27H41N3O4S/c1-19-6-8-20(9-7-19)17-29(26(31)18-35(2,33)34)12-13-30-24-10-11-25(30)16-23(15-24)21-4-3-5-22(14-21)27(28)32/h3-5,14,19-20,23-25H,6-13,15-18H2,1-2H3,(H2,28,32). The molecular formula is C27H41N3O4S. The minimum absolute atomic E-state index is 0.253. The molecular weight excluding hydrogens is 462 g/mol. The third-order valence-electron chi connectivity index (χ3n) is 8.51. The molecule has 2 bridgehead atoms. The van der Waals surface area contributed by atoms with Crippen LogP contribution in [0.4, 0.5) is 0 Å². The van der Waals surface area contributed by atoms with E-state index in [9.17, 15) is 18.0 Å². The molecule has 8 heteroatoms. The number of carbonyl (C=O) groups excluding carboxylic acids is 2. The third kappa shape index (κ3) is 6.85. The van der Waals surface area contributed by atoms with E-state index in [2.05, 4.69) is 17.9 Å². The fourth-order valence-corrected chi connectivity index (χ4v) is 7.18. The van der Waals surface area contributed by atoms with Crippen molar-refractivity contribution < 1.29 is 18.0 Å². The summed E-state index contributed by atoms with van der Waals surface area (Å²) in [4.78, 5) is 29.0. The number of piperidine rings is 1. The Labute approximate surface area is 210 Å². The number of benzene rings is 1. The zero-order valence-electron chi connectivity index (χ0n) is 21.2. The molecule has 2 aliphatic heterocycles. The number of sulfone groups is 1. The average Bonchev–Trinajstić information content (AvgIpc) is 3.03. The van der Waals surface area contributed by atoms with Gasteiger partial charge in [-0.05, 0) is 74.0 Å². The van der Waals surface area contributed by atoms with Crippen LogP contribution in [-0.2, 0) is 14.6 Å². The van der Waals surface area contributed by atoms with Crippen LogP contribution in [0.5, 0.6) is 0 Å². The zero-order chi connectivity index (χ0) is 25.2. The van der Waals surface area contributed by atoms with Gasteiger partial charge in [-0.15, -0.1) is 0 Å². The lowest BCUT2D eigenvalue weighted by molar-refractivity contribution is -0.129. The van der Waals surface area contributed by atoms with Crippen LogP contribution < -0.4 is 5.73 Å². The van der Waals surface area contributed by atoms with Crippen LogP contribution >= 0.6 is 0 Å². The van der Waals surface area contributed by atoms with Crippen LogP contribution in [0.15, 0.2) is 24.3 Å². The van der Waals surface area contributed by atoms with Crippen molar-refractivity contribution in [3.63, 3.8) is 0 Å². The van der Waals surface area contributed by atoms with Crippen molar-refractivity contribution >= 4 is 21.7 Å². The summed E-state index contributed by atoms with van der Waals surface area (Å²) in [6.45, 7) is 4.34. The van der Waals surface area contributed by atoms with E-state index in [1.807, 2.05) is 17.0 Å². The molecule has 3 fully saturated rings. The van der Waals surface area contributed by atoms with Crippen LogP contribution in [0.25, 0.3) is 0 Å². The summed E-state index contributed by atoms with van der Waals surface area (Å²) in [6, 6.07) is 8.64. The van der Waals surface area contributed by atoms with Gasteiger partial charge in [-0.2, -0.15) is 0 Å². The second kappa shape index (κ2) is 11.0. The van der Waals surface area contributed by atoms with Crippen LogP contribution in [0.2, 0.25) is 0 Å². The summed E-state index contributed by atoms with van der Waals surface area (Å²) in [5.41, 5.74) is 7.24.